The number of rotatable bonds is 4. The summed E-state index contributed by atoms with van der Waals surface area (Å²) < 4.78 is 5.85. The first-order valence-electron chi connectivity index (χ1n) is 6.49. The third-order valence-electron chi connectivity index (χ3n) is 3.05. The maximum Gasteiger partial charge on any atom is 0.332 e. The molecular weight excluding hydrogens is 266 g/mol. The summed E-state index contributed by atoms with van der Waals surface area (Å²) in [6.07, 6.45) is 1.51. The number of primary amides is 1. The highest BCUT2D eigenvalue weighted by atomic mass is 16.5. The lowest BCUT2D eigenvalue weighted by Gasteiger charge is -2.10. The summed E-state index contributed by atoms with van der Waals surface area (Å²) in [6, 6.07) is 12.6. The molecule has 0 aliphatic rings. The number of hydrogen-bond donors (Lipinski definition) is 2. The van der Waals surface area contributed by atoms with Crippen LogP contribution in [-0.2, 0) is 0 Å². The van der Waals surface area contributed by atoms with E-state index in [-0.39, 0.29) is 0 Å². The van der Waals surface area contributed by atoms with Gasteiger partial charge in [0.15, 0.2) is 0 Å². The molecule has 2 aromatic rings. The minimum atomic E-state index is -0.693. The van der Waals surface area contributed by atoms with E-state index in [0.717, 1.165) is 22.6 Å². The molecule has 0 aromatic heterocycles. The fourth-order valence-corrected chi connectivity index (χ4v) is 1.75. The molecule has 0 atom stereocenters. The lowest BCUT2D eigenvalue weighted by molar-refractivity contribution is 0.249. The monoisotopic (exact) mass is 283 g/mol. The maximum atomic E-state index is 10.5. The van der Waals surface area contributed by atoms with Crippen LogP contribution in [0, 0.1) is 13.8 Å². The van der Waals surface area contributed by atoms with Crippen molar-refractivity contribution in [3.8, 4) is 11.5 Å². The van der Waals surface area contributed by atoms with Crippen molar-refractivity contribution in [2.75, 3.05) is 0 Å². The third-order valence-corrected chi connectivity index (χ3v) is 3.05. The lowest BCUT2D eigenvalue weighted by atomic mass is 10.1. The highest BCUT2D eigenvalue weighted by molar-refractivity contribution is 5.81. The van der Waals surface area contributed by atoms with E-state index in [0.29, 0.717) is 0 Å². The number of amides is 2. The van der Waals surface area contributed by atoms with Gasteiger partial charge >= 0.3 is 6.03 Å². The van der Waals surface area contributed by atoms with Crippen molar-refractivity contribution in [2.45, 2.75) is 13.8 Å². The standard InChI is InChI=1S/C16H17N3O2/c1-11-4-3-5-15(12(11)2)21-14-8-6-13(7-9-14)10-18-19-16(17)20/h3-10H,1-2H3,(H3,17,19,20)/b18-10-. The van der Waals surface area contributed by atoms with Crippen molar-refractivity contribution < 1.29 is 9.53 Å². The molecule has 0 unspecified atom stereocenters. The Morgan fingerprint density at radius 1 is 1.19 bits per heavy atom. The zero-order valence-electron chi connectivity index (χ0n) is 12.0. The Bertz CT molecular complexity index is 664. The first-order chi connectivity index (χ1) is 10.1. The molecule has 3 N–H and O–H groups in total. The fraction of sp³-hybridized carbons (Fsp3) is 0.125. The predicted molar refractivity (Wildman–Crippen MR) is 82.7 cm³/mol. The van der Waals surface area contributed by atoms with Gasteiger partial charge in [-0.2, -0.15) is 5.10 Å². The van der Waals surface area contributed by atoms with Gasteiger partial charge in [-0.3, -0.25) is 0 Å². The number of carbonyl (C=O) groups excluding carboxylic acids is 1. The highest BCUT2D eigenvalue weighted by Crippen LogP contribution is 2.26. The average molecular weight is 283 g/mol. The summed E-state index contributed by atoms with van der Waals surface area (Å²) in [5.41, 5.74) is 10.2. The van der Waals surface area contributed by atoms with Gasteiger partial charge in [0.05, 0.1) is 6.21 Å². The van der Waals surface area contributed by atoms with E-state index < -0.39 is 6.03 Å². The average Bonchev–Trinajstić information content (AvgIpc) is 2.45. The summed E-state index contributed by atoms with van der Waals surface area (Å²) in [5, 5.41) is 3.69. The molecule has 5 heteroatoms. The predicted octanol–water partition coefficient (Wildman–Crippen LogP) is 3.10. The number of nitrogens with two attached hydrogens (primary N) is 1. The Morgan fingerprint density at radius 3 is 2.57 bits per heavy atom. The first-order valence-corrected chi connectivity index (χ1v) is 6.49. The van der Waals surface area contributed by atoms with Crippen LogP contribution in [0.15, 0.2) is 47.6 Å². The van der Waals surface area contributed by atoms with E-state index >= 15 is 0 Å². The van der Waals surface area contributed by atoms with Crippen molar-refractivity contribution in [1.82, 2.24) is 5.43 Å². The van der Waals surface area contributed by atoms with E-state index in [1.54, 1.807) is 0 Å². The Kier molecular flexibility index (Phi) is 4.56. The van der Waals surface area contributed by atoms with Crippen LogP contribution in [0.1, 0.15) is 16.7 Å². The zero-order valence-corrected chi connectivity index (χ0v) is 12.0. The summed E-state index contributed by atoms with van der Waals surface area (Å²) in [7, 11) is 0. The molecule has 0 fully saturated rings. The number of nitrogens with one attached hydrogen (secondary N) is 1. The molecule has 0 aliphatic carbocycles. The van der Waals surface area contributed by atoms with Crippen molar-refractivity contribution >= 4 is 12.2 Å². The molecule has 2 amide bonds. The van der Waals surface area contributed by atoms with Crippen LogP contribution in [0.3, 0.4) is 0 Å². The minimum Gasteiger partial charge on any atom is -0.457 e. The van der Waals surface area contributed by atoms with E-state index in [2.05, 4.69) is 10.5 Å². The van der Waals surface area contributed by atoms with Crippen LogP contribution >= 0.6 is 0 Å². The number of carbonyl (C=O) groups is 1. The highest BCUT2D eigenvalue weighted by Gasteiger charge is 2.03. The van der Waals surface area contributed by atoms with E-state index in [1.165, 1.54) is 11.8 Å². The molecule has 5 nitrogen and oxygen atoms in total. The number of benzene rings is 2. The van der Waals surface area contributed by atoms with Gasteiger partial charge < -0.3 is 10.5 Å². The first kappa shape index (κ1) is 14.6. The van der Waals surface area contributed by atoms with E-state index in [9.17, 15) is 4.79 Å². The second-order valence-corrected chi connectivity index (χ2v) is 4.60. The SMILES string of the molecule is Cc1cccc(Oc2ccc(/C=N\NC(N)=O)cc2)c1C. The molecule has 0 heterocycles. The second-order valence-electron chi connectivity index (χ2n) is 4.60. The number of hydrogen-bond acceptors (Lipinski definition) is 3. The molecule has 2 rings (SSSR count). The Morgan fingerprint density at radius 2 is 1.90 bits per heavy atom. The molecule has 2 aromatic carbocycles. The molecule has 21 heavy (non-hydrogen) atoms. The van der Waals surface area contributed by atoms with Gasteiger partial charge in [-0.15, -0.1) is 0 Å². The van der Waals surface area contributed by atoms with Gasteiger partial charge in [0.25, 0.3) is 0 Å². The molecular formula is C16H17N3O2. The van der Waals surface area contributed by atoms with Crippen LogP contribution in [-0.4, -0.2) is 12.2 Å². The second kappa shape index (κ2) is 6.56. The minimum absolute atomic E-state index is 0.693. The molecule has 0 saturated carbocycles. The summed E-state index contributed by atoms with van der Waals surface area (Å²) >= 11 is 0. The normalized spacial score (nSPS) is 10.6. The summed E-state index contributed by atoms with van der Waals surface area (Å²) in [4.78, 5) is 10.5. The topological polar surface area (TPSA) is 76.7 Å². The van der Waals surface area contributed by atoms with Crippen LogP contribution in [0.5, 0.6) is 11.5 Å². The number of urea groups is 1. The zero-order chi connectivity index (χ0) is 15.2. The van der Waals surface area contributed by atoms with Gasteiger partial charge in [-0.1, -0.05) is 12.1 Å². The number of aryl methyl sites for hydroxylation is 1. The van der Waals surface area contributed by atoms with Gasteiger partial charge in [0, 0.05) is 0 Å². The lowest BCUT2D eigenvalue weighted by Crippen LogP contribution is -2.24. The Hall–Kier alpha value is -2.82. The quantitative estimate of drug-likeness (QED) is 0.668. The fourth-order valence-electron chi connectivity index (χ4n) is 1.75. The molecule has 0 radical (unpaired) electrons. The number of hydrazone groups is 1. The molecule has 0 spiro atoms. The van der Waals surface area contributed by atoms with E-state index in [1.807, 2.05) is 56.3 Å². The van der Waals surface area contributed by atoms with Crippen LogP contribution in [0.2, 0.25) is 0 Å². The smallest absolute Gasteiger partial charge is 0.332 e. The Balaban J connectivity index is 2.07. The van der Waals surface area contributed by atoms with Crippen LogP contribution < -0.4 is 15.9 Å². The van der Waals surface area contributed by atoms with Crippen molar-refractivity contribution in [2.24, 2.45) is 10.8 Å². The molecule has 0 saturated heterocycles. The number of ether oxygens (including phenoxy) is 1. The largest absolute Gasteiger partial charge is 0.457 e. The molecule has 108 valence electrons. The Labute approximate surface area is 123 Å². The number of nitrogens with zero attached hydrogens (tertiary/aromatic N) is 1. The maximum absolute atomic E-state index is 10.5. The van der Waals surface area contributed by atoms with Crippen molar-refractivity contribution in [1.29, 1.82) is 0 Å². The van der Waals surface area contributed by atoms with Crippen LogP contribution in [0.4, 0.5) is 4.79 Å². The summed E-state index contributed by atoms with van der Waals surface area (Å²) in [5.74, 6) is 1.58. The van der Waals surface area contributed by atoms with E-state index in [4.69, 9.17) is 10.5 Å². The van der Waals surface area contributed by atoms with Crippen molar-refractivity contribution in [3.05, 3.63) is 59.2 Å². The van der Waals surface area contributed by atoms with Crippen LogP contribution in [0.25, 0.3) is 0 Å². The van der Waals surface area contributed by atoms with Gasteiger partial charge in [0.2, 0.25) is 0 Å². The molecule has 0 aliphatic heterocycles. The third kappa shape index (κ3) is 4.07. The van der Waals surface area contributed by atoms with Gasteiger partial charge in [-0.05, 0) is 60.9 Å². The van der Waals surface area contributed by atoms with Gasteiger partial charge in [-0.25, -0.2) is 10.2 Å². The molecule has 0 bridgehead atoms. The van der Waals surface area contributed by atoms with Crippen molar-refractivity contribution in [3.63, 3.8) is 0 Å². The summed E-state index contributed by atoms with van der Waals surface area (Å²) in [6.45, 7) is 4.08. The van der Waals surface area contributed by atoms with Gasteiger partial charge in [0.1, 0.15) is 11.5 Å².